The molecule has 1 aromatic carbocycles. The second-order valence-electron chi connectivity index (χ2n) is 3.91. The Kier molecular flexibility index (Phi) is 2.23. The van der Waals surface area contributed by atoms with Crippen LogP contribution in [0, 0.1) is 6.92 Å². The molecule has 0 radical (unpaired) electrons. The molecule has 2 aromatic rings. The second-order valence-corrected chi connectivity index (χ2v) is 3.91. The number of aromatic amines is 1. The van der Waals surface area contributed by atoms with Gasteiger partial charge in [0, 0.05) is 31.2 Å². The van der Waals surface area contributed by atoms with E-state index in [0.717, 1.165) is 22.3 Å². The monoisotopic (exact) mass is 202 g/mol. The van der Waals surface area contributed by atoms with Crippen molar-refractivity contribution < 1.29 is 0 Å². The van der Waals surface area contributed by atoms with Crippen molar-refractivity contribution in [2.24, 2.45) is 0 Å². The molecular formula is C12H14N2O. The molecule has 1 aromatic heterocycles. The highest BCUT2D eigenvalue weighted by atomic mass is 16.1. The van der Waals surface area contributed by atoms with E-state index < -0.39 is 0 Å². The zero-order valence-corrected chi connectivity index (χ0v) is 9.16. The number of aryl methyl sites for hydroxylation is 1. The third kappa shape index (κ3) is 1.61. The van der Waals surface area contributed by atoms with Gasteiger partial charge in [-0.25, -0.2) is 0 Å². The highest BCUT2D eigenvalue weighted by molar-refractivity contribution is 5.90. The van der Waals surface area contributed by atoms with Crippen LogP contribution in [0.15, 0.2) is 29.1 Å². The molecule has 0 atom stereocenters. The molecule has 3 nitrogen and oxygen atoms in total. The van der Waals surface area contributed by atoms with E-state index in [1.807, 2.05) is 44.1 Å². The van der Waals surface area contributed by atoms with Gasteiger partial charge in [0.25, 0.3) is 0 Å². The zero-order chi connectivity index (χ0) is 11.0. The van der Waals surface area contributed by atoms with Gasteiger partial charge in [0.15, 0.2) is 5.43 Å². The maximum absolute atomic E-state index is 11.7. The lowest BCUT2D eigenvalue weighted by molar-refractivity contribution is 1.13. The number of nitrogens with one attached hydrogen (secondary N) is 1. The minimum absolute atomic E-state index is 0.0740. The first-order chi connectivity index (χ1) is 7.09. The van der Waals surface area contributed by atoms with E-state index in [4.69, 9.17) is 0 Å². The van der Waals surface area contributed by atoms with Crippen molar-refractivity contribution in [2.45, 2.75) is 6.92 Å². The molecule has 2 rings (SSSR count). The average Bonchev–Trinajstić information content (AvgIpc) is 2.16. The van der Waals surface area contributed by atoms with Crippen molar-refractivity contribution in [1.29, 1.82) is 0 Å². The summed E-state index contributed by atoms with van der Waals surface area (Å²) in [7, 11) is 3.94. The van der Waals surface area contributed by atoms with Crippen LogP contribution < -0.4 is 10.3 Å². The fourth-order valence-corrected chi connectivity index (χ4v) is 1.76. The summed E-state index contributed by atoms with van der Waals surface area (Å²) in [6.07, 6.45) is 0. The van der Waals surface area contributed by atoms with Crippen molar-refractivity contribution in [3.63, 3.8) is 0 Å². The Morgan fingerprint density at radius 3 is 2.67 bits per heavy atom. The number of hydrogen-bond acceptors (Lipinski definition) is 2. The molecule has 0 saturated heterocycles. The summed E-state index contributed by atoms with van der Waals surface area (Å²) in [5, 5.41) is 0.742. The number of para-hydroxylation sites is 1. The Morgan fingerprint density at radius 2 is 2.00 bits per heavy atom. The Bertz CT molecular complexity index is 555. The van der Waals surface area contributed by atoms with E-state index in [0.29, 0.717) is 0 Å². The molecule has 0 amide bonds. The molecule has 3 heteroatoms. The molecule has 0 fully saturated rings. The zero-order valence-electron chi connectivity index (χ0n) is 9.16. The van der Waals surface area contributed by atoms with Crippen LogP contribution in [0.5, 0.6) is 0 Å². The van der Waals surface area contributed by atoms with Crippen LogP contribution in [0.25, 0.3) is 10.9 Å². The number of pyridine rings is 1. The van der Waals surface area contributed by atoms with Crippen LogP contribution in [-0.2, 0) is 0 Å². The topological polar surface area (TPSA) is 36.1 Å². The summed E-state index contributed by atoms with van der Waals surface area (Å²) >= 11 is 0. The first-order valence-corrected chi connectivity index (χ1v) is 4.89. The van der Waals surface area contributed by atoms with Gasteiger partial charge in [0.05, 0.1) is 11.2 Å². The maximum Gasteiger partial charge on any atom is 0.189 e. The summed E-state index contributed by atoms with van der Waals surface area (Å²) in [6, 6.07) is 7.38. The van der Waals surface area contributed by atoms with Crippen LogP contribution in [0.4, 0.5) is 5.69 Å². The quantitative estimate of drug-likeness (QED) is 0.766. The molecule has 0 aliphatic carbocycles. The molecule has 0 aliphatic heterocycles. The van der Waals surface area contributed by atoms with Gasteiger partial charge in [0.1, 0.15) is 0 Å². The van der Waals surface area contributed by atoms with E-state index in [2.05, 4.69) is 4.98 Å². The fraction of sp³-hybridized carbons (Fsp3) is 0.250. The third-order valence-corrected chi connectivity index (χ3v) is 2.46. The summed E-state index contributed by atoms with van der Waals surface area (Å²) in [5.41, 5.74) is 2.91. The number of nitrogens with zero attached hydrogens (tertiary/aromatic N) is 1. The van der Waals surface area contributed by atoms with Crippen molar-refractivity contribution in [3.05, 3.63) is 40.2 Å². The number of rotatable bonds is 1. The lowest BCUT2D eigenvalue weighted by Crippen LogP contribution is -2.12. The molecule has 0 spiro atoms. The predicted octanol–water partition coefficient (Wildman–Crippen LogP) is 1.90. The van der Waals surface area contributed by atoms with Crippen LogP contribution in [0.1, 0.15) is 5.69 Å². The number of hydrogen-bond donors (Lipinski definition) is 1. The van der Waals surface area contributed by atoms with Crippen LogP contribution in [0.2, 0.25) is 0 Å². The lowest BCUT2D eigenvalue weighted by atomic mass is 10.1. The molecule has 1 heterocycles. The molecule has 15 heavy (non-hydrogen) atoms. The van der Waals surface area contributed by atoms with Gasteiger partial charge < -0.3 is 9.88 Å². The summed E-state index contributed by atoms with van der Waals surface area (Å²) in [6.45, 7) is 1.90. The van der Waals surface area contributed by atoms with Gasteiger partial charge in [-0.1, -0.05) is 6.07 Å². The van der Waals surface area contributed by atoms with Crippen LogP contribution in [0.3, 0.4) is 0 Å². The smallest absolute Gasteiger partial charge is 0.189 e. The highest BCUT2D eigenvalue weighted by Gasteiger charge is 2.05. The Balaban J connectivity index is 2.91. The van der Waals surface area contributed by atoms with E-state index in [1.54, 1.807) is 6.07 Å². The lowest BCUT2D eigenvalue weighted by Gasteiger charge is -2.15. The molecule has 0 aliphatic rings. The number of aromatic nitrogens is 1. The molecular weight excluding hydrogens is 188 g/mol. The van der Waals surface area contributed by atoms with E-state index in [1.165, 1.54) is 0 Å². The largest absolute Gasteiger partial charge is 0.376 e. The normalized spacial score (nSPS) is 10.6. The Labute approximate surface area is 88.3 Å². The highest BCUT2D eigenvalue weighted by Crippen LogP contribution is 2.21. The molecule has 0 saturated carbocycles. The minimum Gasteiger partial charge on any atom is -0.376 e. The minimum atomic E-state index is 0.0740. The Morgan fingerprint density at radius 1 is 1.27 bits per heavy atom. The van der Waals surface area contributed by atoms with Gasteiger partial charge in [-0.05, 0) is 19.1 Å². The Hall–Kier alpha value is -1.77. The van der Waals surface area contributed by atoms with Gasteiger partial charge in [-0.15, -0.1) is 0 Å². The molecule has 0 bridgehead atoms. The molecule has 0 unspecified atom stereocenters. The van der Waals surface area contributed by atoms with E-state index in [9.17, 15) is 4.79 Å². The molecule has 78 valence electrons. The van der Waals surface area contributed by atoms with Crippen molar-refractivity contribution in [3.8, 4) is 0 Å². The van der Waals surface area contributed by atoms with Gasteiger partial charge in [-0.2, -0.15) is 0 Å². The van der Waals surface area contributed by atoms with E-state index >= 15 is 0 Å². The summed E-state index contributed by atoms with van der Waals surface area (Å²) < 4.78 is 0. The van der Waals surface area contributed by atoms with Crippen LogP contribution >= 0.6 is 0 Å². The first-order valence-electron chi connectivity index (χ1n) is 4.89. The number of anilines is 1. The second kappa shape index (κ2) is 3.42. The van der Waals surface area contributed by atoms with Crippen molar-refractivity contribution >= 4 is 16.6 Å². The van der Waals surface area contributed by atoms with Gasteiger partial charge in [-0.3, -0.25) is 4.79 Å². The fourth-order valence-electron chi connectivity index (χ4n) is 1.76. The van der Waals surface area contributed by atoms with Gasteiger partial charge >= 0.3 is 0 Å². The average molecular weight is 202 g/mol. The van der Waals surface area contributed by atoms with E-state index in [-0.39, 0.29) is 5.43 Å². The standard InChI is InChI=1S/C12H14N2O/c1-8-7-11(15)9-5-4-6-10(14(2)3)12(9)13-8/h4-7H,1-3H3,(H,13,15). The van der Waals surface area contributed by atoms with Crippen molar-refractivity contribution in [1.82, 2.24) is 4.98 Å². The number of benzene rings is 1. The first kappa shape index (κ1) is 9.77. The number of fused-ring (bicyclic) bond motifs is 1. The summed E-state index contributed by atoms with van der Waals surface area (Å²) in [5.74, 6) is 0. The third-order valence-electron chi connectivity index (χ3n) is 2.46. The SMILES string of the molecule is Cc1cc(=O)c2cccc(N(C)C)c2[nH]1. The predicted molar refractivity (Wildman–Crippen MR) is 63.6 cm³/mol. The molecule has 1 N–H and O–H groups in total. The van der Waals surface area contributed by atoms with Gasteiger partial charge in [0.2, 0.25) is 0 Å². The maximum atomic E-state index is 11.7. The van der Waals surface area contributed by atoms with Crippen LogP contribution in [-0.4, -0.2) is 19.1 Å². The van der Waals surface area contributed by atoms with Crippen molar-refractivity contribution in [2.75, 3.05) is 19.0 Å². The summed E-state index contributed by atoms with van der Waals surface area (Å²) in [4.78, 5) is 17.0. The number of H-pyrrole nitrogens is 1.